The highest BCUT2D eigenvalue weighted by Gasteiger charge is 2.46. The number of hydrogen-bond acceptors (Lipinski definition) is 1. The molecule has 11 heavy (non-hydrogen) atoms. The van der Waals surface area contributed by atoms with Crippen LogP contribution in [0.2, 0.25) is 0 Å². The highest BCUT2D eigenvalue weighted by molar-refractivity contribution is 5.01. The molecule has 1 nitrogen and oxygen atoms in total. The van der Waals surface area contributed by atoms with E-state index in [0.717, 1.165) is 0 Å². The van der Waals surface area contributed by atoms with Gasteiger partial charge in [0.1, 0.15) is 0 Å². The second kappa shape index (κ2) is 2.98. The van der Waals surface area contributed by atoms with Gasteiger partial charge in [0.15, 0.2) is 0 Å². The topological polar surface area (TPSA) is 12.5 Å². The Morgan fingerprint density at radius 2 is 2.09 bits per heavy atom. The third-order valence-electron chi connectivity index (χ3n) is 2.46. The van der Waals surface area contributed by atoms with Crippen molar-refractivity contribution in [3.05, 3.63) is 11.6 Å². The average molecular weight is 154 g/mol. The summed E-state index contributed by atoms with van der Waals surface area (Å²) in [7, 11) is 0. The number of ether oxygens (including phenoxy) is 1. The van der Waals surface area contributed by atoms with E-state index in [1.807, 2.05) is 0 Å². The molecular formula is C10H18O. The normalized spacial score (nSPS) is 28.7. The first kappa shape index (κ1) is 8.79. The van der Waals surface area contributed by atoms with Gasteiger partial charge in [-0.1, -0.05) is 11.6 Å². The van der Waals surface area contributed by atoms with Crippen molar-refractivity contribution in [2.45, 2.75) is 52.2 Å². The van der Waals surface area contributed by atoms with Gasteiger partial charge in [-0.3, -0.25) is 0 Å². The van der Waals surface area contributed by atoms with Crippen molar-refractivity contribution in [2.75, 3.05) is 0 Å². The summed E-state index contributed by atoms with van der Waals surface area (Å²) in [6.07, 6.45) is 5.06. The molecule has 0 aromatic rings. The Hall–Kier alpha value is -0.300. The number of allylic oxidation sites excluding steroid dienone is 2. The van der Waals surface area contributed by atoms with Crippen LogP contribution in [0.5, 0.6) is 0 Å². The van der Waals surface area contributed by atoms with Gasteiger partial charge in [-0.25, -0.2) is 0 Å². The summed E-state index contributed by atoms with van der Waals surface area (Å²) in [6, 6.07) is 0. The van der Waals surface area contributed by atoms with Gasteiger partial charge in [-0.05, 0) is 40.5 Å². The molecule has 1 rings (SSSR count). The highest BCUT2D eigenvalue weighted by Crippen LogP contribution is 2.38. The number of epoxide rings is 1. The van der Waals surface area contributed by atoms with Gasteiger partial charge in [0.25, 0.3) is 0 Å². The predicted molar refractivity (Wildman–Crippen MR) is 47.6 cm³/mol. The molecule has 1 heterocycles. The van der Waals surface area contributed by atoms with E-state index in [1.54, 1.807) is 0 Å². The van der Waals surface area contributed by atoms with Gasteiger partial charge >= 0.3 is 0 Å². The van der Waals surface area contributed by atoms with Crippen molar-refractivity contribution in [1.82, 2.24) is 0 Å². The van der Waals surface area contributed by atoms with Crippen molar-refractivity contribution in [2.24, 2.45) is 0 Å². The maximum atomic E-state index is 5.47. The molecule has 1 saturated heterocycles. The quantitative estimate of drug-likeness (QED) is 0.450. The van der Waals surface area contributed by atoms with E-state index in [0.29, 0.717) is 6.10 Å². The Labute approximate surface area is 69.4 Å². The first-order chi connectivity index (χ1) is 5.06. The fourth-order valence-corrected chi connectivity index (χ4v) is 1.24. The van der Waals surface area contributed by atoms with Crippen molar-refractivity contribution in [3.63, 3.8) is 0 Å². The zero-order valence-corrected chi connectivity index (χ0v) is 7.98. The van der Waals surface area contributed by atoms with Gasteiger partial charge in [-0.15, -0.1) is 0 Å². The van der Waals surface area contributed by atoms with E-state index in [4.69, 9.17) is 4.74 Å². The summed E-state index contributed by atoms with van der Waals surface area (Å²) < 4.78 is 5.47. The van der Waals surface area contributed by atoms with E-state index in [2.05, 4.69) is 33.8 Å². The lowest BCUT2D eigenvalue weighted by atomic mass is 10.0. The van der Waals surface area contributed by atoms with Crippen LogP contribution in [-0.4, -0.2) is 11.7 Å². The molecule has 0 aliphatic carbocycles. The maximum absolute atomic E-state index is 5.47. The molecule has 1 aliphatic rings. The van der Waals surface area contributed by atoms with E-state index in [-0.39, 0.29) is 5.60 Å². The van der Waals surface area contributed by atoms with E-state index in [1.165, 1.54) is 18.4 Å². The molecule has 0 aromatic carbocycles. The molecule has 0 aromatic heterocycles. The summed E-state index contributed by atoms with van der Waals surface area (Å²) in [5.74, 6) is 0. The van der Waals surface area contributed by atoms with Crippen LogP contribution in [0, 0.1) is 0 Å². The molecule has 1 fully saturated rings. The van der Waals surface area contributed by atoms with Crippen LogP contribution in [0.4, 0.5) is 0 Å². The Kier molecular flexibility index (Phi) is 2.38. The third kappa shape index (κ3) is 2.33. The summed E-state index contributed by atoms with van der Waals surface area (Å²) in [5.41, 5.74) is 1.64. The summed E-state index contributed by atoms with van der Waals surface area (Å²) in [5, 5.41) is 0. The van der Waals surface area contributed by atoms with Crippen molar-refractivity contribution in [1.29, 1.82) is 0 Å². The van der Waals surface area contributed by atoms with Crippen LogP contribution in [0.15, 0.2) is 11.6 Å². The van der Waals surface area contributed by atoms with Crippen molar-refractivity contribution >= 4 is 0 Å². The van der Waals surface area contributed by atoms with Crippen LogP contribution in [0.25, 0.3) is 0 Å². The standard InChI is InChI=1S/C10H18O/c1-5-8(2)6-7-9-10(3,4)11-9/h5,9H,6-7H2,1-4H3/b8-5+/t9-/m0/s1. The molecule has 64 valence electrons. The average Bonchev–Trinajstić information content (AvgIpc) is 2.54. The Morgan fingerprint density at radius 3 is 2.45 bits per heavy atom. The fourth-order valence-electron chi connectivity index (χ4n) is 1.24. The first-order valence-electron chi connectivity index (χ1n) is 4.36. The molecule has 0 saturated carbocycles. The monoisotopic (exact) mass is 154 g/mol. The third-order valence-corrected chi connectivity index (χ3v) is 2.46. The van der Waals surface area contributed by atoms with E-state index >= 15 is 0 Å². The molecule has 0 amide bonds. The van der Waals surface area contributed by atoms with E-state index in [9.17, 15) is 0 Å². The van der Waals surface area contributed by atoms with Crippen LogP contribution in [0.1, 0.15) is 40.5 Å². The summed E-state index contributed by atoms with van der Waals surface area (Å²) in [6.45, 7) is 8.58. The van der Waals surface area contributed by atoms with Crippen LogP contribution in [-0.2, 0) is 4.74 Å². The molecule has 0 bridgehead atoms. The van der Waals surface area contributed by atoms with Gasteiger partial charge < -0.3 is 4.74 Å². The van der Waals surface area contributed by atoms with Crippen LogP contribution < -0.4 is 0 Å². The smallest absolute Gasteiger partial charge is 0.0892 e. The van der Waals surface area contributed by atoms with Crippen LogP contribution >= 0.6 is 0 Å². The highest BCUT2D eigenvalue weighted by atomic mass is 16.6. The lowest BCUT2D eigenvalue weighted by Gasteiger charge is -1.97. The van der Waals surface area contributed by atoms with Crippen LogP contribution in [0.3, 0.4) is 0 Å². The summed E-state index contributed by atoms with van der Waals surface area (Å²) in [4.78, 5) is 0. The van der Waals surface area contributed by atoms with Gasteiger partial charge in [-0.2, -0.15) is 0 Å². The first-order valence-corrected chi connectivity index (χ1v) is 4.36. The molecule has 0 N–H and O–H groups in total. The Morgan fingerprint density at radius 1 is 1.55 bits per heavy atom. The second-order valence-corrected chi connectivity index (χ2v) is 3.88. The summed E-state index contributed by atoms with van der Waals surface area (Å²) >= 11 is 0. The number of hydrogen-bond donors (Lipinski definition) is 0. The largest absolute Gasteiger partial charge is 0.367 e. The minimum atomic E-state index is 0.175. The van der Waals surface area contributed by atoms with E-state index < -0.39 is 0 Å². The van der Waals surface area contributed by atoms with Gasteiger partial charge in [0.05, 0.1) is 11.7 Å². The van der Waals surface area contributed by atoms with Gasteiger partial charge in [0, 0.05) is 0 Å². The molecule has 0 spiro atoms. The number of rotatable bonds is 3. The lowest BCUT2D eigenvalue weighted by molar-refractivity contribution is 0.320. The zero-order valence-electron chi connectivity index (χ0n) is 7.98. The predicted octanol–water partition coefficient (Wildman–Crippen LogP) is 2.91. The zero-order chi connectivity index (χ0) is 8.48. The molecule has 1 atom stereocenters. The minimum Gasteiger partial charge on any atom is -0.367 e. The molecular weight excluding hydrogens is 136 g/mol. The molecule has 1 heteroatoms. The molecule has 0 radical (unpaired) electrons. The SMILES string of the molecule is C/C=C(\C)CC[C@@H]1OC1(C)C. The fraction of sp³-hybridized carbons (Fsp3) is 0.800. The van der Waals surface area contributed by atoms with Crippen molar-refractivity contribution in [3.8, 4) is 0 Å². The molecule has 1 aliphatic heterocycles. The lowest BCUT2D eigenvalue weighted by Crippen LogP contribution is -2.02. The van der Waals surface area contributed by atoms with Gasteiger partial charge in [0.2, 0.25) is 0 Å². The minimum absolute atomic E-state index is 0.175. The Balaban J connectivity index is 2.16. The second-order valence-electron chi connectivity index (χ2n) is 3.88. The Bertz CT molecular complexity index is 168. The molecule has 0 unspecified atom stereocenters. The van der Waals surface area contributed by atoms with Crippen molar-refractivity contribution < 1.29 is 4.74 Å². The maximum Gasteiger partial charge on any atom is 0.0892 e.